The highest BCUT2D eigenvalue weighted by atomic mass is 32.2. The number of aromatic amines is 2. The third-order valence-electron chi connectivity index (χ3n) is 8.67. The van der Waals surface area contributed by atoms with Crippen LogP contribution >= 0.6 is 11.8 Å². The fourth-order valence-electron chi connectivity index (χ4n) is 6.13. The van der Waals surface area contributed by atoms with Crippen LogP contribution in [0.4, 0.5) is 0 Å². The number of aryl methyl sites for hydroxylation is 3. The van der Waals surface area contributed by atoms with E-state index in [-0.39, 0.29) is 12.8 Å². The molecule has 0 amide bonds. The van der Waals surface area contributed by atoms with E-state index in [0.717, 1.165) is 83.9 Å². The molecule has 3 aliphatic rings. The highest BCUT2D eigenvalue weighted by Gasteiger charge is 2.34. The predicted molar refractivity (Wildman–Crippen MR) is 175 cm³/mol. The van der Waals surface area contributed by atoms with Crippen LogP contribution in [0.25, 0.3) is 50.4 Å². The van der Waals surface area contributed by atoms with Crippen molar-refractivity contribution in [2.45, 2.75) is 58.6 Å². The SMILES string of the molecule is C=Cc1c(C)c2cc3[nH]c(cc4nc(cc5nc(cc1[nH]2)C(C)=C5[C@H]1CS1)C(C)=C4CCC(=O)O)c(CCC(=O)O)c3C. The van der Waals surface area contributed by atoms with E-state index in [9.17, 15) is 19.8 Å². The summed E-state index contributed by atoms with van der Waals surface area (Å²) < 4.78 is 0. The zero-order valence-electron chi connectivity index (χ0n) is 24.7. The maximum Gasteiger partial charge on any atom is 0.303 e. The molecule has 0 spiro atoms. The van der Waals surface area contributed by atoms with Crippen LogP contribution in [0.5, 0.6) is 0 Å². The minimum Gasteiger partial charge on any atom is -0.481 e. The molecule has 1 atom stereocenters. The molecule has 9 heteroatoms. The molecule has 3 aromatic heterocycles. The summed E-state index contributed by atoms with van der Waals surface area (Å²) >= 11 is 1.90. The summed E-state index contributed by atoms with van der Waals surface area (Å²) in [4.78, 5) is 40.4. The number of nitrogens with zero attached hydrogens (tertiary/aromatic N) is 2. The first-order valence-electron chi connectivity index (χ1n) is 14.4. The Morgan fingerprint density at radius 2 is 1.44 bits per heavy atom. The molecule has 43 heavy (non-hydrogen) atoms. The molecule has 8 bridgehead atoms. The van der Waals surface area contributed by atoms with Crippen LogP contribution in [0.3, 0.4) is 0 Å². The second-order valence-electron chi connectivity index (χ2n) is 11.3. The van der Waals surface area contributed by atoms with Crippen molar-refractivity contribution in [3.05, 3.63) is 75.9 Å². The topological polar surface area (TPSA) is 132 Å². The van der Waals surface area contributed by atoms with Gasteiger partial charge in [-0.2, -0.15) is 11.8 Å². The van der Waals surface area contributed by atoms with Crippen LogP contribution in [-0.4, -0.2) is 53.1 Å². The molecule has 6 heterocycles. The van der Waals surface area contributed by atoms with Gasteiger partial charge in [-0.1, -0.05) is 12.7 Å². The number of carbonyl (C=O) groups is 2. The Balaban J connectivity index is 1.73. The highest BCUT2D eigenvalue weighted by Crippen LogP contribution is 2.47. The van der Waals surface area contributed by atoms with Crippen molar-refractivity contribution in [2.75, 3.05) is 5.75 Å². The lowest BCUT2D eigenvalue weighted by atomic mass is 9.99. The molecule has 6 rings (SSSR count). The van der Waals surface area contributed by atoms with Gasteiger partial charge in [0.2, 0.25) is 0 Å². The lowest BCUT2D eigenvalue weighted by Crippen LogP contribution is -1.98. The average molecular weight is 595 g/mol. The number of rotatable bonds is 8. The third-order valence-corrected chi connectivity index (χ3v) is 9.57. The molecule has 0 aliphatic carbocycles. The molecule has 0 saturated carbocycles. The minimum atomic E-state index is -0.869. The summed E-state index contributed by atoms with van der Waals surface area (Å²) in [5.74, 6) is -0.685. The van der Waals surface area contributed by atoms with Crippen molar-refractivity contribution in [3.63, 3.8) is 0 Å². The predicted octanol–water partition coefficient (Wildman–Crippen LogP) is 7.43. The summed E-state index contributed by atoms with van der Waals surface area (Å²) in [5.41, 5.74) is 14.8. The summed E-state index contributed by atoms with van der Waals surface area (Å²) in [6.45, 7) is 12.2. The lowest BCUT2D eigenvalue weighted by molar-refractivity contribution is -0.137. The Hall–Kier alpha value is -4.37. The average Bonchev–Trinajstić information content (AvgIpc) is 3.50. The van der Waals surface area contributed by atoms with Crippen molar-refractivity contribution in [2.24, 2.45) is 0 Å². The van der Waals surface area contributed by atoms with Gasteiger partial charge in [0, 0.05) is 51.5 Å². The number of fused-ring (bicyclic) bond motifs is 8. The third kappa shape index (κ3) is 5.33. The van der Waals surface area contributed by atoms with Crippen molar-refractivity contribution < 1.29 is 19.8 Å². The number of hydrogen-bond donors (Lipinski definition) is 4. The van der Waals surface area contributed by atoms with E-state index < -0.39 is 11.9 Å². The van der Waals surface area contributed by atoms with Crippen LogP contribution in [0.1, 0.15) is 78.1 Å². The number of H-pyrrole nitrogens is 2. The minimum absolute atomic E-state index is 0.00926. The Morgan fingerprint density at radius 3 is 2.12 bits per heavy atom. The van der Waals surface area contributed by atoms with Gasteiger partial charge in [-0.3, -0.25) is 9.59 Å². The van der Waals surface area contributed by atoms with Crippen molar-refractivity contribution in [1.29, 1.82) is 0 Å². The number of nitrogens with one attached hydrogen (secondary N) is 2. The van der Waals surface area contributed by atoms with Crippen LogP contribution in [0.2, 0.25) is 0 Å². The molecule has 3 aromatic rings. The number of allylic oxidation sites excluding steroid dienone is 3. The van der Waals surface area contributed by atoms with Crippen molar-refractivity contribution in [1.82, 2.24) is 19.9 Å². The fourth-order valence-corrected chi connectivity index (χ4v) is 6.86. The molecule has 8 nitrogen and oxygen atoms in total. The number of aliphatic carboxylic acids is 2. The molecule has 1 fully saturated rings. The van der Waals surface area contributed by atoms with Gasteiger partial charge >= 0.3 is 11.9 Å². The van der Waals surface area contributed by atoms with Gasteiger partial charge in [0.25, 0.3) is 0 Å². The Kier molecular flexibility index (Phi) is 7.38. The van der Waals surface area contributed by atoms with Crippen molar-refractivity contribution >= 4 is 74.1 Å². The number of hydrogen-bond acceptors (Lipinski definition) is 5. The molecule has 3 aliphatic heterocycles. The fraction of sp³-hybridized carbons (Fsp3) is 0.294. The van der Waals surface area contributed by atoms with Gasteiger partial charge in [-0.15, -0.1) is 0 Å². The number of carboxylic acids is 2. The molecule has 0 aromatic carbocycles. The molecule has 1 saturated heterocycles. The molecule has 0 unspecified atom stereocenters. The molecule has 220 valence electrons. The second-order valence-corrected chi connectivity index (χ2v) is 12.6. The normalized spacial score (nSPS) is 16.1. The van der Waals surface area contributed by atoms with Gasteiger partial charge in [-0.25, -0.2) is 9.97 Å². The largest absolute Gasteiger partial charge is 0.481 e. The number of aromatic nitrogens is 4. The van der Waals surface area contributed by atoms with E-state index >= 15 is 0 Å². The Labute approximate surface area is 253 Å². The first-order chi connectivity index (χ1) is 20.5. The van der Waals surface area contributed by atoms with Gasteiger partial charge in [0.15, 0.2) is 0 Å². The zero-order chi connectivity index (χ0) is 30.6. The van der Waals surface area contributed by atoms with Crippen LogP contribution in [-0.2, 0) is 16.0 Å². The Morgan fingerprint density at radius 1 is 0.837 bits per heavy atom. The maximum atomic E-state index is 11.6. The summed E-state index contributed by atoms with van der Waals surface area (Å²) in [5, 5.41) is 19.4. The van der Waals surface area contributed by atoms with E-state index in [4.69, 9.17) is 9.97 Å². The number of carboxylic acid groups (broad SMARTS) is 2. The standard InChI is InChI=1S/C34H34N4O4S/c1-6-20-16(2)23-11-24-17(3)21(7-9-32(39)40)28(36-24)14-29-22(8-10-33(41)42)18(4)25(37-29)13-30-34(31-15-43-31)19(5)26(38-30)12-27(20)35-23/h6,11-14,31,35-36H,1,7-10,15H2,2-5H3,(H,39,40)(H,41,42)/t31-/m1/s1. The summed E-state index contributed by atoms with van der Waals surface area (Å²) in [6.07, 6.45) is 2.52. The number of thioether (sulfide) groups is 1. The van der Waals surface area contributed by atoms with E-state index in [1.165, 1.54) is 5.57 Å². The van der Waals surface area contributed by atoms with Crippen LogP contribution in [0.15, 0.2) is 30.8 Å². The summed E-state index contributed by atoms with van der Waals surface area (Å²) in [6, 6.07) is 8.12. The molecular weight excluding hydrogens is 560 g/mol. The van der Waals surface area contributed by atoms with Crippen molar-refractivity contribution in [3.8, 4) is 0 Å². The molecule has 4 N–H and O–H groups in total. The smallest absolute Gasteiger partial charge is 0.303 e. The Bertz CT molecular complexity index is 1960. The van der Waals surface area contributed by atoms with Crippen LogP contribution < -0.4 is 0 Å². The zero-order valence-corrected chi connectivity index (χ0v) is 25.5. The van der Waals surface area contributed by atoms with Crippen LogP contribution in [0, 0.1) is 13.8 Å². The monoisotopic (exact) mass is 594 g/mol. The first-order valence-corrected chi connectivity index (χ1v) is 15.4. The first kappa shape index (κ1) is 28.7. The van der Waals surface area contributed by atoms with E-state index in [2.05, 4.69) is 42.5 Å². The van der Waals surface area contributed by atoms with Gasteiger partial charge < -0.3 is 20.2 Å². The van der Waals surface area contributed by atoms with E-state index in [1.54, 1.807) is 0 Å². The quantitative estimate of drug-likeness (QED) is 0.199. The second kappa shape index (κ2) is 11.0. The molecule has 0 radical (unpaired) electrons. The van der Waals surface area contributed by atoms with Gasteiger partial charge in [-0.05, 0) is 104 Å². The maximum absolute atomic E-state index is 11.6. The van der Waals surface area contributed by atoms with Gasteiger partial charge in [0.05, 0.1) is 22.8 Å². The highest BCUT2D eigenvalue weighted by molar-refractivity contribution is 8.07. The lowest BCUT2D eigenvalue weighted by Gasteiger charge is -2.03. The summed E-state index contributed by atoms with van der Waals surface area (Å²) in [7, 11) is 0. The van der Waals surface area contributed by atoms with E-state index in [1.807, 2.05) is 43.8 Å². The van der Waals surface area contributed by atoms with Gasteiger partial charge in [0.1, 0.15) is 0 Å². The van der Waals surface area contributed by atoms with E-state index in [0.29, 0.717) is 23.8 Å². The molecular formula is C34H34N4O4S.